The molecular formula is C16H25N3O. The molecule has 1 aliphatic heterocycles. The largest absolute Gasteiger partial charge is 0.351 e. The Morgan fingerprint density at radius 1 is 1.20 bits per heavy atom. The molecule has 2 rings (SSSR count). The van der Waals surface area contributed by atoms with Crippen molar-refractivity contribution in [1.82, 2.24) is 15.1 Å². The van der Waals surface area contributed by atoms with Gasteiger partial charge in [0.1, 0.15) is 0 Å². The fraction of sp³-hybridized carbons (Fsp3) is 0.562. The second kappa shape index (κ2) is 7.41. The van der Waals surface area contributed by atoms with E-state index in [-0.39, 0.29) is 11.9 Å². The van der Waals surface area contributed by atoms with E-state index < -0.39 is 0 Å². The van der Waals surface area contributed by atoms with Gasteiger partial charge in [0.15, 0.2) is 0 Å². The number of nitrogens with zero attached hydrogens (tertiary/aromatic N) is 2. The summed E-state index contributed by atoms with van der Waals surface area (Å²) in [5.41, 5.74) is 1.14. The molecule has 1 aromatic carbocycles. The normalized spacial score (nSPS) is 18.7. The molecule has 4 heteroatoms. The predicted molar refractivity (Wildman–Crippen MR) is 81.4 cm³/mol. The van der Waals surface area contributed by atoms with Gasteiger partial charge in [-0.05, 0) is 19.0 Å². The molecular weight excluding hydrogens is 250 g/mol. The van der Waals surface area contributed by atoms with Gasteiger partial charge in [-0.2, -0.15) is 0 Å². The molecule has 1 amide bonds. The topological polar surface area (TPSA) is 35.6 Å². The Labute approximate surface area is 121 Å². The third kappa shape index (κ3) is 4.05. The van der Waals surface area contributed by atoms with Crippen molar-refractivity contribution in [2.45, 2.75) is 26.4 Å². The molecule has 0 radical (unpaired) electrons. The van der Waals surface area contributed by atoms with E-state index in [2.05, 4.69) is 22.0 Å². The minimum Gasteiger partial charge on any atom is -0.351 e. The van der Waals surface area contributed by atoms with Crippen molar-refractivity contribution in [3.05, 3.63) is 35.9 Å². The van der Waals surface area contributed by atoms with Crippen LogP contribution in [0.1, 0.15) is 19.4 Å². The lowest BCUT2D eigenvalue weighted by Crippen LogP contribution is -2.53. The fourth-order valence-electron chi connectivity index (χ4n) is 2.57. The number of piperazine rings is 1. The fourth-order valence-corrected chi connectivity index (χ4v) is 2.57. The SMILES string of the molecule is CCN1CCN(C(C)C(=O)NCc2ccccc2)CC1. The van der Waals surface area contributed by atoms with Crippen LogP contribution in [-0.2, 0) is 11.3 Å². The van der Waals surface area contributed by atoms with Crippen LogP contribution in [0.3, 0.4) is 0 Å². The Morgan fingerprint density at radius 3 is 2.45 bits per heavy atom. The number of nitrogens with one attached hydrogen (secondary N) is 1. The van der Waals surface area contributed by atoms with Gasteiger partial charge < -0.3 is 10.2 Å². The molecule has 1 unspecified atom stereocenters. The van der Waals surface area contributed by atoms with E-state index in [4.69, 9.17) is 0 Å². The number of amides is 1. The minimum absolute atomic E-state index is 0.0438. The molecule has 1 atom stereocenters. The molecule has 1 heterocycles. The number of carbonyl (C=O) groups excluding carboxylic acids is 1. The minimum atomic E-state index is -0.0438. The van der Waals surface area contributed by atoms with E-state index in [1.165, 1.54) is 0 Å². The molecule has 20 heavy (non-hydrogen) atoms. The second-order valence-electron chi connectivity index (χ2n) is 5.35. The number of carbonyl (C=O) groups is 1. The molecule has 0 saturated carbocycles. The lowest BCUT2D eigenvalue weighted by atomic mass is 10.2. The Morgan fingerprint density at radius 2 is 1.85 bits per heavy atom. The van der Waals surface area contributed by atoms with E-state index in [0.29, 0.717) is 6.54 Å². The Balaban J connectivity index is 1.77. The summed E-state index contributed by atoms with van der Waals surface area (Å²) in [6, 6.07) is 10.00. The zero-order valence-corrected chi connectivity index (χ0v) is 12.5. The smallest absolute Gasteiger partial charge is 0.237 e. The summed E-state index contributed by atoms with van der Waals surface area (Å²) in [4.78, 5) is 16.9. The van der Waals surface area contributed by atoms with Crippen LogP contribution in [0.25, 0.3) is 0 Å². The lowest BCUT2D eigenvalue weighted by Gasteiger charge is -2.36. The molecule has 1 aromatic rings. The summed E-state index contributed by atoms with van der Waals surface area (Å²) in [5.74, 6) is 0.124. The van der Waals surface area contributed by atoms with E-state index in [1.54, 1.807) is 0 Å². The van der Waals surface area contributed by atoms with Gasteiger partial charge >= 0.3 is 0 Å². The Kier molecular flexibility index (Phi) is 5.56. The van der Waals surface area contributed by atoms with Crippen molar-refractivity contribution in [3.8, 4) is 0 Å². The molecule has 110 valence electrons. The van der Waals surface area contributed by atoms with Crippen LogP contribution < -0.4 is 5.32 Å². The van der Waals surface area contributed by atoms with Crippen molar-refractivity contribution in [2.75, 3.05) is 32.7 Å². The van der Waals surface area contributed by atoms with Crippen LogP contribution in [-0.4, -0.2) is 54.5 Å². The zero-order valence-electron chi connectivity index (χ0n) is 12.5. The summed E-state index contributed by atoms with van der Waals surface area (Å²) in [6.45, 7) is 9.98. The van der Waals surface area contributed by atoms with Crippen molar-refractivity contribution in [2.24, 2.45) is 0 Å². The average Bonchev–Trinajstić information content (AvgIpc) is 2.53. The van der Waals surface area contributed by atoms with Gasteiger partial charge in [0.2, 0.25) is 5.91 Å². The van der Waals surface area contributed by atoms with Gasteiger partial charge in [-0.15, -0.1) is 0 Å². The summed E-state index contributed by atoms with van der Waals surface area (Å²) in [6.07, 6.45) is 0. The maximum atomic E-state index is 12.2. The molecule has 0 spiro atoms. The molecule has 1 saturated heterocycles. The first kappa shape index (κ1) is 15.0. The highest BCUT2D eigenvalue weighted by molar-refractivity contribution is 5.81. The van der Waals surface area contributed by atoms with Crippen LogP contribution in [0.15, 0.2) is 30.3 Å². The average molecular weight is 275 g/mol. The predicted octanol–water partition coefficient (Wildman–Crippen LogP) is 1.33. The van der Waals surface area contributed by atoms with Crippen molar-refractivity contribution in [3.63, 3.8) is 0 Å². The van der Waals surface area contributed by atoms with Crippen LogP contribution in [0, 0.1) is 0 Å². The Bertz CT molecular complexity index is 413. The quantitative estimate of drug-likeness (QED) is 0.880. The molecule has 0 aliphatic carbocycles. The van der Waals surface area contributed by atoms with Crippen LogP contribution in [0.5, 0.6) is 0 Å². The third-order valence-electron chi connectivity index (χ3n) is 4.09. The highest BCUT2D eigenvalue weighted by Gasteiger charge is 2.24. The number of hydrogen-bond acceptors (Lipinski definition) is 3. The van der Waals surface area contributed by atoms with Crippen LogP contribution in [0.4, 0.5) is 0 Å². The van der Waals surface area contributed by atoms with Crippen LogP contribution >= 0.6 is 0 Å². The Hall–Kier alpha value is -1.39. The number of rotatable bonds is 5. The van der Waals surface area contributed by atoms with Gasteiger partial charge in [0.25, 0.3) is 0 Å². The second-order valence-corrected chi connectivity index (χ2v) is 5.35. The standard InChI is InChI=1S/C16H25N3O/c1-3-18-9-11-19(12-10-18)14(2)16(20)17-13-15-7-5-4-6-8-15/h4-8,14H,3,9-13H2,1-2H3,(H,17,20). The van der Waals surface area contributed by atoms with Crippen LogP contribution in [0.2, 0.25) is 0 Å². The summed E-state index contributed by atoms with van der Waals surface area (Å²) < 4.78 is 0. The number of likely N-dealkylation sites (N-methyl/N-ethyl adjacent to an activating group) is 1. The van der Waals surface area contributed by atoms with Crippen molar-refractivity contribution in [1.29, 1.82) is 0 Å². The van der Waals surface area contributed by atoms with Gasteiger partial charge in [0.05, 0.1) is 6.04 Å². The van der Waals surface area contributed by atoms with Gasteiger partial charge in [0, 0.05) is 32.7 Å². The molecule has 0 bridgehead atoms. The van der Waals surface area contributed by atoms with E-state index >= 15 is 0 Å². The summed E-state index contributed by atoms with van der Waals surface area (Å²) in [5, 5.41) is 3.03. The monoisotopic (exact) mass is 275 g/mol. The lowest BCUT2D eigenvalue weighted by molar-refractivity contribution is -0.126. The third-order valence-corrected chi connectivity index (χ3v) is 4.09. The van der Waals surface area contributed by atoms with Gasteiger partial charge in [-0.3, -0.25) is 9.69 Å². The summed E-state index contributed by atoms with van der Waals surface area (Å²) in [7, 11) is 0. The molecule has 1 N–H and O–H groups in total. The first-order valence-electron chi connectivity index (χ1n) is 7.48. The van der Waals surface area contributed by atoms with Gasteiger partial charge in [-0.1, -0.05) is 37.3 Å². The van der Waals surface area contributed by atoms with Crippen molar-refractivity contribution < 1.29 is 4.79 Å². The maximum absolute atomic E-state index is 12.2. The van der Waals surface area contributed by atoms with Gasteiger partial charge in [-0.25, -0.2) is 0 Å². The van der Waals surface area contributed by atoms with E-state index in [1.807, 2.05) is 37.3 Å². The summed E-state index contributed by atoms with van der Waals surface area (Å²) >= 11 is 0. The highest BCUT2D eigenvalue weighted by atomic mass is 16.2. The zero-order chi connectivity index (χ0) is 14.4. The maximum Gasteiger partial charge on any atom is 0.237 e. The van der Waals surface area contributed by atoms with E-state index in [0.717, 1.165) is 38.3 Å². The number of hydrogen-bond donors (Lipinski definition) is 1. The first-order chi connectivity index (χ1) is 9.70. The highest BCUT2D eigenvalue weighted by Crippen LogP contribution is 2.06. The molecule has 1 fully saturated rings. The van der Waals surface area contributed by atoms with E-state index in [9.17, 15) is 4.79 Å². The first-order valence-corrected chi connectivity index (χ1v) is 7.48. The van der Waals surface area contributed by atoms with Crippen molar-refractivity contribution >= 4 is 5.91 Å². The molecule has 0 aromatic heterocycles. The molecule has 4 nitrogen and oxygen atoms in total. The number of benzene rings is 1. The molecule has 1 aliphatic rings.